The average Bonchev–Trinajstić information content (AvgIpc) is 2.72. The average molecular weight is 404 g/mol. The van der Waals surface area contributed by atoms with E-state index in [1.165, 1.54) is 12.1 Å². The standard InChI is InChI=1S/C16H10ClN3O2S.2C2H6/c17-16-15(19-12-8-4-5-9-13(12)20-16)14(10-18)23(21,22)11-6-2-1-3-7-11;2*1-2/h1-9,14H;2*1-2H3. The molecule has 7 heteroatoms. The molecular formula is C20H22ClN3O2S. The summed E-state index contributed by atoms with van der Waals surface area (Å²) in [7, 11) is -3.94. The number of para-hydroxylation sites is 2. The maximum Gasteiger partial charge on any atom is 0.200 e. The fourth-order valence-electron chi connectivity index (χ4n) is 2.18. The summed E-state index contributed by atoms with van der Waals surface area (Å²) in [5, 5.41) is 7.81. The zero-order valence-electron chi connectivity index (χ0n) is 15.7. The Morgan fingerprint density at radius 1 is 0.889 bits per heavy atom. The smallest absolute Gasteiger partial charge is 0.200 e. The summed E-state index contributed by atoms with van der Waals surface area (Å²) in [4.78, 5) is 8.42. The van der Waals surface area contributed by atoms with E-state index in [1.54, 1.807) is 48.5 Å². The predicted molar refractivity (Wildman–Crippen MR) is 109 cm³/mol. The first-order valence-corrected chi connectivity index (χ1v) is 10.6. The van der Waals surface area contributed by atoms with Crippen LogP contribution in [-0.4, -0.2) is 18.4 Å². The first-order valence-electron chi connectivity index (χ1n) is 8.65. The Morgan fingerprint density at radius 3 is 1.89 bits per heavy atom. The molecule has 3 rings (SSSR count). The van der Waals surface area contributed by atoms with Crippen LogP contribution in [-0.2, 0) is 9.84 Å². The number of benzene rings is 2. The Labute approximate surface area is 165 Å². The summed E-state index contributed by atoms with van der Waals surface area (Å²) < 4.78 is 25.4. The van der Waals surface area contributed by atoms with Gasteiger partial charge >= 0.3 is 0 Å². The summed E-state index contributed by atoms with van der Waals surface area (Å²) in [6, 6.07) is 16.5. The molecule has 1 unspecified atom stereocenters. The molecule has 0 saturated carbocycles. The highest BCUT2D eigenvalue weighted by Gasteiger charge is 2.33. The number of nitrogens with zero attached hydrogens (tertiary/aromatic N) is 3. The maximum atomic E-state index is 12.7. The van der Waals surface area contributed by atoms with Gasteiger partial charge in [0.2, 0.25) is 9.84 Å². The number of rotatable bonds is 3. The molecule has 2 aromatic carbocycles. The van der Waals surface area contributed by atoms with E-state index in [1.807, 2.05) is 27.7 Å². The molecule has 3 aromatic rings. The summed E-state index contributed by atoms with van der Waals surface area (Å²) in [6.07, 6.45) is 0. The molecule has 0 saturated heterocycles. The highest BCUT2D eigenvalue weighted by Crippen LogP contribution is 2.31. The van der Waals surface area contributed by atoms with E-state index in [9.17, 15) is 13.7 Å². The van der Waals surface area contributed by atoms with Crippen LogP contribution < -0.4 is 0 Å². The largest absolute Gasteiger partial charge is 0.245 e. The van der Waals surface area contributed by atoms with E-state index in [0.29, 0.717) is 11.0 Å². The fourth-order valence-corrected chi connectivity index (χ4v) is 3.90. The molecule has 0 amide bonds. The topological polar surface area (TPSA) is 83.7 Å². The molecule has 0 aliphatic carbocycles. The lowest BCUT2D eigenvalue weighted by atomic mass is 10.2. The van der Waals surface area contributed by atoms with Crippen molar-refractivity contribution in [2.45, 2.75) is 37.8 Å². The van der Waals surface area contributed by atoms with Crippen LogP contribution in [0.2, 0.25) is 5.15 Å². The summed E-state index contributed by atoms with van der Waals surface area (Å²) >= 11 is 6.08. The molecule has 5 nitrogen and oxygen atoms in total. The number of sulfone groups is 1. The van der Waals surface area contributed by atoms with Gasteiger partial charge in [0.15, 0.2) is 10.4 Å². The van der Waals surface area contributed by atoms with Gasteiger partial charge < -0.3 is 0 Å². The third kappa shape index (κ3) is 5.03. The van der Waals surface area contributed by atoms with Crippen LogP contribution in [0.25, 0.3) is 11.0 Å². The number of aromatic nitrogens is 2. The van der Waals surface area contributed by atoms with E-state index in [2.05, 4.69) is 9.97 Å². The Bertz CT molecular complexity index is 1020. The van der Waals surface area contributed by atoms with Gasteiger partial charge in [-0.2, -0.15) is 5.26 Å². The summed E-state index contributed by atoms with van der Waals surface area (Å²) in [6.45, 7) is 8.00. The number of halogens is 1. The third-order valence-corrected chi connectivity index (χ3v) is 5.46. The third-order valence-electron chi connectivity index (χ3n) is 3.30. The molecule has 1 aromatic heterocycles. The number of nitriles is 1. The number of hydrogen-bond acceptors (Lipinski definition) is 5. The van der Waals surface area contributed by atoms with Gasteiger partial charge in [-0.3, -0.25) is 0 Å². The first kappa shape index (κ1) is 22.6. The molecule has 27 heavy (non-hydrogen) atoms. The van der Waals surface area contributed by atoms with Gasteiger partial charge in [0.1, 0.15) is 5.69 Å². The van der Waals surface area contributed by atoms with E-state index in [0.717, 1.165) is 0 Å². The van der Waals surface area contributed by atoms with Crippen LogP contribution in [0.3, 0.4) is 0 Å². The predicted octanol–water partition coefficient (Wildman–Crippen LogP) is 5.37. The lowest BCUT2D eigenvalue weighted by molar-refractivity contribution is 0.590. The summed E-state index contributed by atoms with van der Waals surface area (Å²) in [5.41, 5.74) is 0.960. The summed E-state index contributed by atoms with van der Waals surface area (Å²) in [5.74, 6) is 0. The van der Waals surface area contributed by atoms with Crippen LogP contribution in [0, 0.1) is 11.3 Å². The second-order valence-corrected chi connectivity index (χ2v) is 7.15. The molecule has 0 aliphatic rings. The van der Waals surface area contributed by atoms with Crippen molar-refractivity contribution >= 4 is 32.5 Å². The zero-order valence-corrected chi connectivity index (χ0v) is 17.3. The molecule has 1 heterocycles. The van der Waals surface area contributed by atoms with Crippen molar-refractivity contribution in [3.8, 4) is 6.07 Å². The molecule has 0 aliphatic heterocycles. The van der Waals surface area contributed by atoms with Gasteiger partial charge in [-0.1, -0.05) is 69.6 Å². The molecule has 0 bridgehead atoms. The molecule has 0 radical (unpaired) electrons. The quantitative estimate of drug-likeness (QED) is 0.586. The van der Waals surface area contributed by atoms with Crippen LogP contribution >= 0.6 is 11.6 Å². The first-order chi connectivity index (χ1) is 13.0. The van der Waals surface area contributed by atoms with E-state index in [4.69, 9.17) is 11.6 Å². The SMILES string of the molecule is CC.CC.N#CC(c1nc2ccccc2nc1Cl)S(=O)(=O)c1ccccc1. The Hall–Kier alpha value is -2.49. The number of fused-ring (bicyclic) bond motifs is 1. The van der Waals surface area contributed by atoms with E-state index in [-0.39, 0.29) is 15.7 Å². The van der Waals surface area contributed by atoms with Crippen LogP contribution in [0.5, 0.6) is 0 Å². The molecule has 142 valence electrons. The van der Waals surface area contributed by atoms with Crippen molar-refractivity contribution in [1.29, 1.82) is 5.26 Å². The van der Waals surface area contributed by atoms with Gasteiger partial charge in [0.05, 0.1) is 22.0 Å². The highest BCUT2D eigenvalue weighted by molar-refractivity contribution is 7.92. The Morgan fingerprint density at radius 2 is 1.37 bits per heavy atom. The second-order valence-electron chi connectivity index (χ2n) is 4.76. The van der Waals surface area contributed by atoms with Gasteiger partial charge in [-0.05, 0) is 24.3 Å². The van der Waals surface area contributed by atoms with Gasteiger partial charge in [0.25, 0.3) is 0 Å². The Balaban J connectivity index is 0.000000855. The van der Waals surface area contributed by atoms with Gasteiger partial charge in [-0.25, -0.2) is 18.4 Å². The number of hydrogen-bond donors (Lipinski definition) is 0. The van der Waals surface area contributed by atoms with Crippen molar-refractivity contribution in [3.05, 3.63) is 65.4 Å². The minimum absolute atomic E-state index is 0.0394. The molecule has 0 N–H and O–H groups in total. The molecular weight excluding hydrogens is 382 g/mol. The van der Waals surface area contributed by atoms with Gasteiger partial charge in [-0.15, -0.1) is 0 Å². The van der Waals surface area contributed by atoms with Crippen molar-refractivity contribution in [1.82, 2.24) is 9.97 Å². The van der Waals surface area contributed by atoms with Crippen molar-refractivity contribution in [2.75, 3.05) is 0 Å². The minimum Gasteiger partial charge on any atom is -0.245 e. The minimum atomic E-state index is -3.94. The fraction of sp³-hybridized carbons (Fsp3) is 0.250. The molecule has 1 atom stereocenters. The van der Waals surface area contributed by atoms with Gasteiger partial charge in [0, 0.05) is 0 Å². The highest BCUT2D eigenvalue weighted by atomic mass is 35.5. The maximum absolute atomic E-state index is 12.7. The van der Waals surface area contributed by atoms with E-state index >= 15 is 0 Å². The van der Waals surface area contributed by atoms with Crippen LogP contribution in [0.4, 0.5) is 0 Å². The lowest BCUT2D eigenvalue weighted by Crippen LogP contribution is -2.14. The lowest BCUT2D eigenvalue weighted by Gasteiger charge is -2.12. The zero-order chi connectivity index (χ0) is 20.4. The monoisotopic (exact) mass is 403 g/mol. The van der Waals surface area contributed by atoms with Crippen LogP contribution in [0.15, 0.2) is 59.5 Å². The van der Waals surface area contributed by atoms with Crippen LogP contribution in [0.1, 0.15) is 38.6 Å². The van der Waals surface area contributed by atoms with Crippen molar-refractivity contribution in [2.24, 2.45) is 0 Å². The van der Waals surface area contributed by atoms with Crippen molar-refractivity contribution < 1.29 is 8.42 Å². The van der Waals surface area contributed by atoms with E-state index < -0.39 is 15.1 Å². The molecule has 0 spiro atoms. The normalized spacial score (nSPS) is 11.3. The Kier molecular flexibility index (Phi) is 8.86. The van der Waals surface area contributed by atoms with Crippen molar-refractivity contribution in [3.63, 3.8) is 0 Å². The second kappa shape index (κ2) is 10.6. The molecule has 0 fully saturated rings.